The monoisotopic (exact) mass is 264 g/mol. The van der Waals surface area contributed by atoms with E-state index in [1.807, 2.05) is 0 Å². The van der Waals surface area contributed by atoms with Gasteiger partial charge in [-0.2, -0.15) is 13.2 Å². The third-order valence-electron chi connectivity index (χ3n) is 2.34. The van der Waals surface area contributed by atoms with Gasteiger partial charge in [0.25, 0.3) is 0 Å². The van der Waals surface area contributed by atoms with Gasteiger partial charge in [-0.3, -0.25) is 4.79 Å². The van der Waals surface area contributed by atoms with Crippen LogP contribution in [0, 0.1) is 5.82 Å². The molecule has 0 unspecified atom stereocenters. The summed E-state index contributed by atoms with van der Waals surface area (Å²) in [6.45, 7) is 0. The molecule has 0 aliphatic rings. The lowest BCUT2D eigenvalue weighted by atomic mass is 10.0. The fourth-order valence-corrected chi connectivity index (χ4v) is 1.43. The van der Waals surface area contributed by atoms with E-state index in [-0.39, 0.29) is 17.7 Å². The average Bonchev–Trinajstić information content (AvgIpc) is 2.28. The van der Waals surface area contributed by atoms with Gasteiger partial charge in [-0.05, 0) is 11.6 Å². The van der Waals surface area contributed by atoms with E-state index in [1.165, 1.54) is 25.3 Å². The molecular weight excluding hydrogens is 252 g/mol. The lowest BCUT2D eigenvalue weighted by molar-refractivity contribution is -0.143. The first-order valence-electron chi connectivity index (χ1n) is 5.23. The van der Waals surface area contributed by atoms with Crippen LogP contribution in [-0.4, -0.2) is 19.1 Å². The SMILES string of the molecule is COc1cccc(CC(=O)CCC(F)(F)F)c1F. The summed E-state index contributed by atoms with van der Waals surface area (Å²) in [5, 5.41) is 0. The number of alkyl halides is 3. The number of benzene rings is 1. The summed E-state index contributed by atoms with van der Waals surface area (Å²) in [5.74, 6) is -1.39. The predicted molar refractivity (Wildman–Crippen MR) is 57.0 cm³/mol. The third-order valence-corrected chi connectivity index (χ3v) is 2.34. The highest BCUT2D eigenvalue weighted by molar-refractivity contribution is 5.81. The Morgan fingerprint density at radius 3 is 2.56 bits per heavy atom. The van der Waals surface area contributed by atoms with Crippen LogP contribution in [0.4, 0.5) is 17.6 Å². The minimum absolute atomic E-state index is 0.0314. The first kappa shape index (κ1) is 14.5. The Morgan fingerprint density at radius 2 is 2.00 bits per heavy atom. The van der Waals surface area contributed by atoms with Crippen LogP contribution in [0.3, 0.4) is 0 Å². The fourth-order valence-electron chi connectivity index (χ4n) is 1.43. The molecule has 0 heterocycles. The molecule has 0 aliphatic carbocycles. The number of carbonyl (C=O) groups excluding carboxylic acids is 1. The molecule has 0 saturated heterocycles. The maximum absolute atomic E-state index is 13.6. The van der Waals surface area contributed by atoms with Crippen molar-refractivity contribution in [3.05, 3.63) is 29.6 Å². The van der Waals surface area contributed by atoms with Crippen LogP contribution in [0.25, 0.3) is 0 Å². The number of ketones is 1. The number of hydrogen-bond acceptors (Lipinski definition) is 2. The lowest BCUT2D eigenvalue weighted by Gasteiger charge is -2.08. The molecule has 0 amide bonds. The van der Waals surface area contributed by atoms with Crippen LogP contribution in [0.1, 0.15) is 18.4 Å². The lowest BCUT2D eigenvalue weighted by Crippen LogP contribution is -2.12. The Labute approximate surface area is 102 Å². The summed E-state index contributed by atoms with van der Waals surface area (Å²) >= 11 is 0. The van der Waals surface area contributed by atoms with Crippen molar-refractivity contribution < 1.29 is 27.1 Å². The van der Waals surface area contributed by atoms with Gasteiger partial charge >= 0.3 is 6.18 Å². The summed E-state index contributed by atoms with van der Waals surface area (Å²) in [4.78, 5) is 11.3. The van der Waals surface area contributed by atoms with Gasteiger partial charge in [-0.25, -0.2) is 4.39 Å². The molecule has 18 heavy (non-hydrogen) atoms. The third kappa shape index (κ3) is 4.35. The number of carbonyl (C=O) groups is 1. The maximum atomic E-state index is 13.6. The van der Waals surface area contributed by atoms with Crippen molar-refractivity contribution in [3.8, 4) is 5.75 Å². The van der Waals surface area contributed by atoms with E-state index in [4.69, 9.17) is 4.74 Å². The molecule has 2 nitrogen and oxygen atoms in total. The number of methoxy groups -OCH3 is 1. The molecule has 0 radical (unpaired) electrons. The van der Waals surface area contributed by atoms with Gasteiger partial charge < -0.3 is 4.74 Å². The molecule has 6 heteroatoms. The predicted octanol–water partition coefficient (Wildman–Crippen LogP) is 3.29. The standard InChI is InChI=1S/C12H12F4O2/c1-18-10-4-2-3-8(11(10)13)7-9(17)5-6-12(14,15)16/h2-4H,5-7H2,1H3. The molecule has 100 valence electrons. The second kappa shape index (κ2) is 5.84. The molecule has 0 saturated carbocycles. The summed E-state index contributed by atoms with van der Waals surface area (Å²) in [6.07, 6.45) is -6.56. The second-order valence-electron chi connectivity index (χ2n) is 3.76. The van der Waals surface area contributed by atoms with Crippen molar-refractivity contribution >= 4 is 5.78 Å². The fraction of sp³-hybridized carbons (Fsp3) is 0.417. The minimum Gasteiger partial charge on any atom is -0.494 e. The molecule has 1 rings (SSSR count). The van der Waals surface area contributed by atoms with Crippen molar-refractivity contribution in [2.24, 2.45) is 0 Å². The first-order valence-corrected chi connectivity index (χ1v) is 5.23. The summed E-state index contributed by atoms with van der Waals surface area (Å²) in [7, 11) is 1.27. The van der Waals surface area contributed by atoms with Gasteiger partial charge in [0.1, 0.15) is 5.78 Å². The number of Topliss-reactive ketones (excluding diaryl/α,β-unsaturated/α-hetero) is 1. The Hall–Kier alpha value is -1.59. The molecule has 0 spiro atoms. The average molecular weight is 264 g/mol. The Bertz CT molecular complexity index is 427. The van der Waals surface area contributed by atoms with Gasteiger partial charge in [-0.1, -0.05) is 12.1 Å². The van der Waals surface area contributed by atoms with E-state index < -0.39 is 30.6 Å². The van der Waals surface area contributed by atoms with Crippen molar-refractivity contribution in [2.75, 3.05) is 7.11 Å². The normalized spacial score (nSPS) is 11.4. The van der Waals surface area contributed by atoms with Crippen LogP contribution in [0.2, 0.25) is 0 Å². The Balaban J connectivity index is 2.65. The number of rotatable bonds is 5. The van der Waals surface area contributed by atoms with Crippen LogP contribution in [0.15, 0.2) is 18.2 Å². The topological polar surface area (TPSA) is 26.3 Å². The van der Waals surface area contributed by atoms with Gasteiger partial charge in [0, 0.05) is 12.8 Å². The number of ether oxygens (including phenoxy) is 1. The molecule has 0 atom stereocenters. The van der Waals surface area contributed by atoms with E-state index >= 15 is 0 Å². The van der Waals surface area contributed by atoms with Crippen LogP contribution >= 0.6 is 0 Å². The van der Waals surface area contributed by atoms with Gasteiger partial charge in [-0.15, -0.1) is 0 Å². The molecule has 0 N–H and O–H groups in total. The Kier molecular flexibility index (Phi) is 4.69. The highest BCUT2D eigenvalue weighted by Gasteiger charge is 2.28. The van der Waals surface area contributed by atoms with Crippen molar-refractivity contribution in [1.29, 1.82) is 0 Å². The van der Waals surface area contributed by atoms with Crippen LogP contribution in [0.5, 0.6) is 5.75 Å². The Morgan fingerprint density at radius 1 is 1.33 bits per heavy atom. The van der Waals surface area contributed by atoms with E-state index in [0.29, 0.717) is 0 Å². The van der Waals surface area contributed by atoms with Crippen molar-refractivity contribution in [2.45, 2.75) is 25.4 Å². The first-order chi connectivity index (χ1) is 8.33. The molecule has 0 aliphatic heterocycles. The molecule has 1 aromatic rings. The molecule has 0 bridgehead atoms. The van der Waals surface area contributed by atoms with Crippen molar-refractivity contribution in [1.82, 2.24) is 0 Å². The highest BCUT2D eigenvalue weighted by atomic mass is 19.4. The zero-order chi connectivity index (χ0) is 13.8. The van der Waals surface area contributed by atoms with E-state index in [2.05, 4.69) is 0 Å². The van der Waals surface area contributed by atoms with E-state index in [9.17, 15) is 22.4 Å². The minimum atomic E-state index is -4.37. The largest absolute Gasteiger partial charge is 0.494 e. The van der Waals surface area contributed by atoms with E-state index in [1.54, 1.807) is 0 Å². The number of halogens is 4. The summed E-state index contributed by atoms with van der Waals surface area (Å²) < 4.78 is 54.0. The van der Waals surface area contributed by atoms with Crippen LogP contribution in [-0.2, 0) is 11.2 Å². The zero-order valence-electron chi connectivity index (χ0n) is 9.68. The quantitative estimate of drug-likeness (QED) is 0.763. The summed E-state index contributed by atoms with van der Waals surface area (Å²) in [5.41, 5.74) is 0.0431. The maximum Gasteiger partial charge on any atom is 0.389 e. The molecule has 0 fully saturated rings. The summed E-state index contributed by atoms with van der Waals surface area (Å²) in [6, 6.07) is 4.21. The highest BCUT2D eigenvalue weighted by Crippen LogP contribution is 2.24. The molecular formula is C12H12F4O2. The van der Waals surface area contributed by atoms with E-state index in [0.717, 1.165) is 0 Å². The second-order valence-corrected chi connectivity index (χ2v) is 3.76. The van der Waals surface area contributed by atoms with Gasteiger partial charge in [0.2, 0.25) is 0 Å². The number of hydrogen-bond donors (Lipinski definition) is 0. The van der Waals surface area contributed by atoms with Crippen molar-refractivity contribution in [3.63, 3.8) is 0 Å². The zero-order valence-corrected chi connectivity index (χ0v) is 9.68. The molecule has 0 aromatic heterocycles. The smallest absolute Gasteiger partial charge is 0.389 e. The van der Waals surface area contributed by atoms with Gasteiger partial charge in [0.05, 0.1) is 13.5 Å². The van der Waals surface area contributed by atoms with Gasteiger partial charge in [0.15, 0.2) is 11.6 Å². The molecule has 1 aromatic carbocycles. The van der Waals surface area contributed by atoms with Crippen LogP contribution < -0.4 is 4.74 Å².